The summed E-state index contributed by atoms with van der Waals surface area (Å²) >= 11 is 0. The summed E-state index contributed by atoms with van der Waals surface area (Å²) < 4.78 is 0. The number of rotatable bonds is 2. The fourth-order valence-corrected chi connectivity index (χ4v) is 3.78. The molecular formula is C33H30N4O3. The third kappa shape index (κ3) is 7.49. The Hall–Kier alpha value is -5.56. The Balaban J connectivity index is 0.000000179. The standard InChI is InChI=1S/C16H12N2O.C10H8O.C6H6N2O.CH4/c17-11-5-7-12(8-6-11)18-15-9-10-16(19)14-4-2-1-3-13(14)15;11-10-7-3-5-8-4-1-2-6-9(8)10;7-5-1-3-6(8-9)4-2-5;/h1-10H,17H2;1-7,11H;1-4H,7H2;1H4. The van der Waals surface area contributed by atoms with Crippen LogP contribution in [0, 0.1) is 4.91 Å². The van der Waals surface area contributed by atoms with E-state index in [1.807, 2.05) is 84.9 Å². The molecule has 0 spiro atoms. The summed E-state index contributed by atoms with van der Waals surface area (Å²) in [4.78, 5) is 26.2. The second-order valence-electron chi connectivity index (χ2n) is 8.51. The normalized spacial score (nSPS) is 12.2. The van der Waals surface area contributed by atoms with Crippen LogP contribution in [0.2, 0.25) is 0 Å². The molecule has 0 amide bonds. The summed E-state index contributed by atoms with van der Waals surface area (Å²) in [6.07, 6.45) is 3.31. The van der Waals surface area contributed by atoms with Crippen LogP contribution in [0.25, 0.3) is 10.8 Å². The van der Waals surface area contributed by atoms with Crippen molar-refractivity contribution in [1.29, 1.82) is 0 Å². The molecule has 6 rings (SSSR count). The van der Waals surface area contributed by atoms with Gasteiger partial charge in [0.05, 0.1) is 11.4 Å². The molecule has 0 saturated heterocycles. The van der Waals surface area contributed by atoms with Gasteiger partial charge in [0, 0.05) is 27.9 Å². The van der Waals surface area contributed by atoms with Crippen molar-refractivity contribution in [2.45, 2.75) is 7.43 Å². The van der Waals surface area contributed by atoms with Crippen LogP contribution in [0.3, 0.4) is 0 Å². The molecule has 5 N–H and O–H groups in total. The molecule has 1 aliphatic rings. The molecule has 40 heavy (non-hydrogen) atoms. The third-order valence-electron chi connectivity index (χ3n) is 5.77. The number of hydrogen-bond donors (Lipinski definition) is 3. The molecule has 0 aromatic heterocycles. The van der Waals surface area contributed by atoms with Crippen molar-refractivity contribution < 1.29 is 9.90 Å². The number of nitrogens with two attached hydrogens (primary N) is 2. The molecule has 0 heterocycles. The number of fused-ring (bicyclic) bond motifs is 2. The molecule has 5 aromatic carbocycles. The Morgan fingerprint density at radius 2 is 1.15 bits per heavy atom. The van der Waals surface area contributed by atoms with Crippen LogP contribution in [-0.4, -0.2) is 16.6 Å². The minimum atomic E-state index is 0. The molecule has 0 aliphatic heterocycles. The Bertz CT molecular complexity index is 1650. The number of nitrogen functional groups attached to an aromatic ring is 2. The van der Waals surface area contributed by atoms with Crippen LogP contribution in [0.15, 0.2) is 138 Å². The van der Waals surface area contributed by atoms with E-state index >= 15 is 0 Å². The lowest BCUT2D eigenvalue weighted by Crippen LogP contribution is -2.11. The fraction of sp³-hybridized carbons (Fsp3) is 0.0303. The first-order chi connectivity index (χ1) is 18.9. The molecule has 7 nitrogen and oxygen atoms in total. The number of carbonyl (C=O) groups excluding carboxylic acids is 1. The lowest BCUT2D eigenvalue weighted by molar-refractivity contribution is 0.104. The van der Waals surface area contributed by atoms with E-state index in [-0.39, 0.29) is 13.2 Å². The summed E-state index contributed by atoms with van der Waals surface area (Å²) in [6.45, 7) is 0. The molecule has 0 radical (unpaired) electrons. The zero-order valence-corrected chi connectivity index (χ0v) is 20.9. The van der Waals surface area contributed by atoms with Crippen molar-refractivity contribution in [3.8, 4) is 5.75 Å². The van der Waals surface area contributed by atoms with Crippen LogP contribution in [0.5, 0.6) is 5.75 Å². The zero-order valence-electron chi connectivity index (χ0n) is 20.9. The van der Waals surface area contributed by atoms with Gasteiger partial charge in [-0.2, -0.15) is 0 Å². The minimum absolute atomic E-state index is 0. The number of hydrogen-bond acceptors (Lipinski definition) is 7. The number of nitrogens with zero attached hydrogens (tertiary/aromatic N) is 2. The topological polar surface area (TPSA) is 131 Å². The van der Waals surface area contributed by atoms with Gasteiger partial charge in [0.15, 0.2) is 5.78 Å². The number of aromatic hydroxyl groups is 1. The van der Waals surface area contributed by atoms with E-state index in [9.17, 15) is 14.8 Å². The predicted octanol–water partition coefficient (Wildman–Crippen LogP) is 7.99. The lowest BCUT2D eigenvalue weighted by Gasteiger charge is -2.11. The maximum atomic E-state index is 11.8. The van der Waals surface area contributed by atoms with Crippen LogP contribution in [0.1, 0.15) is 23.3 Å². The maximum absolute atomic E-state index is 11.8. The van der Waals surface area contributed by atoms with Gasteiger partial charge in [0.1, 0.15) is 11.4 Å². The first kappa shape index (κ1) is 29.0. The fourth-order valence-electron chi connectivity index (χ4n) is 3.78. The number of carbonyl (C=O) groups is 1. The van der Waals surface area contributed by atoms with E-state index in [1.165, 1.54) is 0 Å². The van der Waals surface area contributed by atoms with Gasteiger partial charge in [-0.25, -0.2) is 4.99 Å². The van der Waals surface area contributed by atoms with Crippen molar-refractivity contribution in [3.05, 3.63) is 143 Å². The molecule has 7 heteroatoms. The summed E-state index contributed by atoms with van der Waals surface area (Å²) in [5, 5.41) is 14.1. The number of ketones is 1. The van der Waals surface area contributed by atoms with Crippen molar-refractivity contribution >= 4 is 45.0 Å². The number of nitroso groups, excluding NO2 is 1. The molecule has 0 unspecified atom stereocenters. The van der Waals surface area contributed by atoms with Crippen LogP contribution >= 0.6 is 0 Å². The van der Waals surface area contributed by atoms with Gasteiger partial charge in [-0.1, -0.05) is 68.1 Å². The molecule has 1 aliphatic carbocycles. The number of aliphatic imine (C=N–C) groups is 1. The third-order valence-corrected chi connectivity index (χ3v) is 5.77. The highest BCUT2D eigenvalue weighted by molar-refractivity contribution is 6.24. The monoisotopic (exact) mass is 530 g/mol. The average Bonchev–Trinajstić information content (AvgIpc) is 2.97. The molecule has 0 fully saturated rings. The number of allylic oxidation sites excluding steroid dienone is 2. The van der Waals surface area contributed by atoms with Gasteiger partial charge in [0.25, 0.3) is 0 Å². The van der Waals surface area contributed by atoms with Gasteiger partial charge in [-0.3, -0.25) is 4.79 Å². The first-order valence-electron chi connectivity index (χ1n) is 12.1. The van der Waals surface area contributed by atoms with E-state index < -0.39 is 0 Å². The van der Waals surface area contributed by atoms with E-state index in [1.54, 1.807) is 42.5 Å². The smallest absolute Gasteiger partial charge is 0.186 e. The number of phenols is 1. The molecule has 0 atom stereocenters. The highest BCUT2D eigenvalue weighted by Gasteiger charge is 2.16. The van der Waals surface area contributed by atoms with E-state index in [4.69, 9.17) is 11.5 Å². The van der Waals surface area contributed by atoms with Crippen molar-refractivity contribution in [3.63, 3.8) is 0 Å². The summed E-state index contributed by atoms with van der Waals surface area (Å²) in [7, 11) is 0. The van der Waals surface area contributed by atoms with Crippen LogP contribution in [0.4, 0.5) is 22.7 Å². The Kier molecular flexibility index (Phi) is 10.0. The van der Waals surface area contributed by atoms with Crippen LogP contribution < -0.4 is 11.5 Å². The Morgan fingerprint density at radius 3 is 1.77 bits per heavy atom. The summed E-state index contributed by atoms with van der Waals surface area (Å²) in [5.41, 5.74) is 15.9. The van der Waals surface area contributed by atoms with Gasteiger partial charge in [-0.15, -0.1) is 4.91 Å². The Labute approximate surface area is 233 Å². The van der Waals surface area contributed by atoms with E-state index in [2.05, 4.69) is 10.2 Å². The molecule has 200 valence electrons. The summed E-state index contributed by atoms with van der Waals surface area (Å²) in [5.74, 6) is 0.370. The minimum Gasteiger partial charge on any atom is -0.507 e. The van der Waals surface area contributed by atoms with Crippen molar-refractivity contribution in [2.24, 2.45) is 10.2 Å². The van der Waals surface area contributed by atoms with E-state index in [0.29, 0.717) is 28.4 Å². The second-order valence-corrected chi connectivity index (χ2v) is 8.51. The average molecular weight is 531 g/mol. The maximum Gasteiger partial charge on any atom is 0.186 e. The lowest BCUT2D eigenvalue weighted by atomic mass is 9.94. The van der Waals surface area contributed by atoms with Gasteiger partial charge in [-0.05, 0) is 77.3 Å². The molecule has 5 aromatic rings. The highest BCUT2D eigenvalue weighted by atomic mass is 16.3. The summed E-state index contributed by atoms with van der Waals surface area (Å²) in [6, 6.07) is 34.5. The van der Waals surface area contributed by atoms with Gasteiger partial charge in [0.2, 0.25) is 0 Å². The van der Waals surface area contributed by atoms with Crippen molar-refractivity contribution in [1.82, 2.24) is 0 Å². The SMILES string of the molecule is C.Nc1ccc(N=C2C=CC(=O)c3ccccc32)cc1.Nc1ccc(N=O)cc1.Oc1cccc2ccccc12. The van der Waals surface area contributed by atoms with E-state index in [0.717, 1.165) is 27.7 Å². The number of anilines is 2. The number of benzene rings is 5. The van der Waals surface area contributed by atoms with Crippen molar-refractivity contribution in [2.75, 3.05) is 11.5 Å². The quantitative estimate of drug-likeness (QED) is 0.157. The second kappa shape index (κ2) is 13.8. The highest BCUT2D eigenvalue weighted by Crippen LogP contribution is 2.23. The van der Waals surface area contributed by atoms with Crippen LogP contribution in [-0.2, 0) is 0 Å². The van der Waals surface area contributed by atoms with Gasteiger partial charge >= 0.3 is 0 Å². The molecule has 0 bridgehead atoms. The molecule has 0 saturated carbocycles. The predicted molar refractivity (Wildman–Crippen MR) is 166 cm³/mol. The zero-order chi connectivity index (χ0) is 27.6. The Morgan fingerprint density at radius 1 is 0.600 bits per heavy atom. The number of phenolic OH excluding ortho intramolecular Hbond substituents is 1. The largest absolute Gasteiger partial charge is 0.507 e. The molecular weight excluding hydrogens is 500 g/mol. The first-order valence-corrected chi connectivity index (χ1v) is 12.1. The van der Waals surface area contributed by atoms with Gasteiger partial charge < -0.3 is 16.6 Å².